The first-order valence-electron chi connectivity index (χ1n) is 8.78. The van der Waals surface area contributed by atoms with Crippen molar-refractivity contribution >= 4 is 6.09 Å². The Labute approximate surface area is 143 Å². The first-order valence-corrected chi connectivity index (χ1v) is 8.78. The lowest BCUT2D eigenvalue weighted by molar-refractivity contribution is 0.0155. The van der Waals surface area contributed by atoms with E-state index in [4.69, 9.17) is 0 Å². The second-order valence-corrected chi connectivity index (χ2v) is 8.08. The van der Waals surface area contributed by atoms with Gasteiger partial charge in [-0.2, -0.15) is 0 Å². The molecule has 0 unspecified atom stereocenters. The highest BCUT2D eigenvalue weighted by Gasteiger charge is 2.49. The Bertz CT molecular complexity index is 622. The highest BCUT2D eigenvalue weighted by molar-refractivity contribution is 5.66. The van der Waals surface area contributed by atoms with Crippen molar-refractivity contribution in [3.63, 3.8) is 0 Å². The molecule has 1 aromatic rings. The van der Waals surface area contributed by atoms with E-state index in [0.29, 0.717) is 6.54 Å². The molecule has 1 N–H and O–H groups in total. The van der Waals surface area contributed by atoms with Crippen molar-refractivity contribution in [3.8, 4) is 0 Å². The zero-order valence-corrected chi connectivity index (χ0v) is 14.8. The van der Waals surface area contributed by atoms with E-state index in [9.17, 15) is 14.3 Å². The average Bonchev–Trinajstić information content (AvgIpc) is 2.87. The maximum atomic E-state index is 14.4. The van der Waals surface area contributed by atoms with E-state index in [-0.39, 0.29) is 17.4 Å². The van der Waals surface area contributed by atoms with Crippen LogP contribution in [0.15, 0.2) is 24.3 Å². The molecule has 1 saturated carbocycles. The highest BCUT2D eigenvalue weighted by atomic mass is 19.1. The number of likely N-dealkylation sites (tertiary alicyclic amines) is 1. The summed E-state index contributed by atoms with van der Waals surface area (Å²) in [7, 11) is 0. The van der Waals surface area contributed by atoms with Gasteiger partial charge in [0.25, 0.3) is 0 Å². The molecule has 3 rings (SSSR count). The molecule has 0 aromatic heterocycles. The standard InChI is InChI=1S/C19H27FN2O2/c1-18(2,3)22(17(23)24)14-9-12-21(13-14)19(10-6-11-19)15-7-4-5-8-16(15)20/h4-5,7-8,14H,6,9-13H2,1-3H3,(H,23,24)/t14-/m0/s1. The van der Waals surface area contributed by atoms with Gasteiger partial charge in [0.15, 0.2) is 0 Å². The van der Waals surface area contributed by atoms with E-state index in [0.717, 1.165) is 37.8 Å². The molecule has 1 aliphatic carbocycles. The number of nitrogens with zero attached hydrogens (tertiary/aromatic N) is 2. The van der Waals surface area contributed by atoms with Crippen LogP contribution in [0.5, 0.6) is 0 Å². The molecule has 132 valence electrons. The SMILES string of the molecule is CC(C)(C)N(C(=O)O)[C@H]1CCN(C2(c3ccccc3F)CCC2)C1. The van der Waals surface area contributed by atoms with Gasteiger partial charge in [-0.15, -0.1) is 0 Å². The van der Waals surface area contributed by atoms with E-state index in [1.807, 2.05) is 32.9 Å². The third kappa shape index (κ3) is 2.79. The third-order valence-electron chi connectivity index (χ3n) is 5.62. The van der Waals surface area contributed by atoms with E-state index in [1.165, 1.54) is 6.07 Å². The highest BCUT2D eigenvalue weighted by Crippen LogP contribution is 2.49. The predicted molar refractivity (Wildman–Crippen MR) is 91.5 cm³/mol. The normalized spacial score (nSPS) is 23.8. The summed E-state index contributed by atoms with van der Waals surface area (Å²) in [5.41, 5.74) is 0.0916. The summed E-state index contributed by atoms with van der Waals surface area (Å²) in [6, 6.07) is 7.00. The average molecular weight is 334 g/mol. The van der Waals surface area contributed by atoms with Gasteiger partial charge >= 0.3 is 6.09 Å². The number of amides is 1. The smallest absolute Gasteiger partial charge is 0.408 e. The molecule has 4 nitrogen and oxygen atoms in total. The summed E-state index contributed by atoms with van der Waals surface area (Å²) < 4.78 is 14.4. The largest absolute Gasteiger partial charge is 0.465 e. The van der Waals surface area contributed by atoms with Gasteiger partial charge in [0, 0.05) is 35.8 Å². The Morgan fingerprint density at radius 1 is 1.33 bits per heavy atom. The van der Waals surface area contributed by atoms with Gasteiger partial charge in [-0.3, -0.25) is 9.80 Å². The maximum Gasteiger partial charge on any atom is 0.408 e. The molecule has 1 atom stereocenters. The first-order chi connectivity index (χ1) is 11.3. The van der Waals surface area contributed by atoms with Crippen molar-refractivity contribution in [1.29, 1.82) is 0 Å². The minimum absolute atomic E-state index is 0.0354. The quantitative estimate of drug-likeness (QED) is 0.906. The lowest BCUT2D eigenvalue weighted by Crippen LogP contribution is -2.55. The second-order valence-electron chi connectivity index (χ2n) is 8.08. The topological polar surface area (TPSA) is 43.8 Å². The zero-order valence-electron chi connectivity index (χ0n) is 14.8. The number of rotatable bonds is 3. The summed E-state index contributed by atoms with van der Waals surface area (Å²) in [6.07, 6.45) is 2.92. The monoisotopic (exact) mass is 334 g/mol. The van der Waals surface area contributed by atoms with Crippen LogP contribution in [-0.4, -0.2) is 45.7 Å². The molecule has 1 aliphatic heterocycles. The van der Waals surface area contributed by atoms with Gasteiger partial charge in [0.1, 0.15) is 5.82 Å². The lowest BCUT2D eigenvalue weighted by Gasteiger charge is -2.50. The molecule has 24 heavy (non-hydrogen) atoms. The van der Waals surface area contributed by atoms with Gasteiger partial charge in [-0.05, 0) is 52.5 Å². The number of carbonyl (C=O) groups is 1. The van der Waals surface area contributed by atoms with Crippen LogP contribution >= 0.6 is 0 Å². The third-order valence-corrected chi connectivity index (χ3v) is 5.62. The van der Waals surface area contributed by atoms with Crippen LogP contribution in [0.4, 0.5) is 9.18 Å². The molecule has 5 heteroatoms. The van der Waals surface area contributed by atoms with Crippen LogP contribution in [0.2, 0.25) is 0 Å². The molecule has 0 radical (unpaired) electrons. The minimum Gasteiger partial charge on any atom is -0.465 e. The first kappa shape index (κ1) is 17.2. The summed E-state index contributed by atoms with van der Waals surface area (Å²) in [4.78, 5) is 15.6. The van der Waals surface area contributed by atoms with Gasteiger partial charge < -0.3 is 5.11 Å². The fourth-order valence-electron chi connectivity index (χ4n) is 4.44. The Hall–Kier alpha value is -1.62. The lowest BCUT2D eigenvalue weighted by atomic mass is 9.70. The number of halogens is 1. The van der Waals surface area contributed by atoms with Crippen LogP contribution in [0, 0.1) is 5.82 Å². The maximum absolute atomic E-state index is 14.4. The number of hydrogen-bond donors (Lipinski definition) is 1. The van der Waals surface area contributed by atoms with Crippen LogP contribution < -0.4 is 0 Å². The summed E-state index contributed by atoms with van der Waals surface area (Å²) in [5.74, 6) is -0.147. The van der Waals surface area contributed by atoms with Gasteiger partial charge in [-0.1, -0.05) is 18.2 Å². The Morgan fingerprint density at radius 2 is 2.00 bits per heavy atom. The van der Waals surface area contributed by atoms with Crippen LogP contribution in [0.3, 0.4) is 0 Å². The molecule has 1 saturated heterocycles. The van der Waals surface area contributed by atoms with Gasteiger partial charge in [0.2, 0.25) is 0 Å². The minimum atomic E-state index is -0.872. The van der Waals surface area contributed by atoms with Crippen molar-refractivity contribution < 1.29 is 14.3 Å². The van der Waals surface area contributed by atoms with Crippen molar-refractivity contribution in [1.82, 2.24) is 9.80 Å². The van der Waals surface area contributed by atoms with E-state index in [1.54, 1.807) is 11.0 Å². The van der Waals surface area contributed by atoms with Crippen molar-refractivity contribution in [2.45, 2.75) is 63.6 Å². The van der Waals surface area contributed by atoms with E-state index < -0.39 is 11.6 Å². The van der Waals surface area contributed by atoms with Gasteiger partial charge in [0.05, 0.1) is 0 Å². The fourth-order valence-corrected chi connectivity index (χ4v) is 4.44. The molecule has 2 aliphatic rings. The number of benzene rings is 1. The molecule has 2 fully saturated rings. The molecule has 1 amide bonds. The Morgan fingerprint density at radius 3 is 2.50 bits per heavy atom. The molecular formula is C19H27FN2O2. The van der Waals surface area contributed by atoms with Crippen LogP contribution in [0.25, 0.3) is 0 Å². The summed E-state index contributed by atoms with van der Waals surface area (Å²) in [5, 5.41) is 9.64. The molecule has 1 aromatic carbocycles. The fraction of sp³-hybridized carbons (Fsp3) is 0.632. The summed E-state index contributed by atoms with van der Waals surface area (Å²) >= 11 is 0. The Kier molecular flexibility index (Phi) is 4.32. The number of hydrogen-bond acceptors (Lipinski definition) is 2. The zero-order chi connectivity index (χ0) is 17.5. The van der Waals surface area contributed by atoms with E-state index >= 15 is 0 Å². The van der Waals surface area contributed by atoms with E-state index in [2.05, 4.69) is 4.90 Å². The Balaban J connectivity index is 1.84. The summed E-state index contributed by atoms with van der Waals surface area (Å²) in [6.45, 7) is 7.29. The van der Waals surface area contributed by atoms with Crippen LogP contribution in [-0.2, 0) is 5.54 Å². The second kappa shape index (κ2) is 6.03. The molecule has 0 spiro atoms. The van der Waals surface area contributed by atoms with Crippen molar-refractivity contribution in [2.75, 3.05) is 13.1 Å². The molecule has 1 heterocycles. The molecular weight excluding hydrogens is 307 g/mol. The van der Waals surface area contributed by atoms with Gasteiger partial charge in [-0.25, -0.2) is 9.18 Å². The van der Waals surface area contributed by atoms with Crippen LogP contribution in [0.1, 0.15) is 52.0 Å². The predicted octanol–water partition coefficient (Wildman–Crippen LogP) is 4.06. The molecule has 0 bridgehead atoms. The number of carboxylic acid groups (broad SMARTS) is 1. The van der Waals surface area contributed by atoms with Crippen molar-refractivity contribution in [2.24, 2.45) is 0 Å². The van der Waals surface area contributed by atoms with Crippen molar-refractivity contribution in [3.05, 3.63) is 35.6 Å².